The molecule has 1 aromatic heterocycles. The minimum atomic E-state index is 0.0602. The Kier molecular flexibility index (Phi) is 6.27. The van der Waals surface area contributed by atoms with E-state index < -0.39 is 0 Å². The van der Waals surface area contributed by atoms with E-state index in [-0.39, 0.29) is 5.78 Å². The van der Waals surface area contributed by atoms with Gasteiger partial charge in [0.2, 0.25) is 0 Å². The van der Waals surface area contributed by atoms with Gasteiger partial charge < -0.3 is 15.5 Å². The van der Waals surface area contributed by atoms with E-state index >= 15 is 0 Å². The summed E-state index contributed by atoms with van der Waals surface area (Å²) in [4.78, 5) is 14.0. The molecule has 2 rings (SSSR count). The molecular formula is C17H22N3OS2+. The van der Waals surface area contributed by atoms with Crippen LogP contribution in [0.15, 0.2) is 41.8 Å². The van der Waals surface area contributed by atoms with Gasteiger partial charge in [0.1, 0.15) is 6.04 Å². The third-order valence-corrected chi connectivity index (χ3v) is 4.83. The summed E-state index contributed by atoms with van der Waals surface area (Å²) in [6.07, 6.45) is 0. The number of hydrogen-bond donors (Lipinski definition) is 3. The Hall–Kier alpha value is -1.76. The van der Waals surface area contributed by atoms with Crippen LogP contribution in [0.4, 0.5) is 5.69 Å². The van der Waals surface area contributed by atoms with Crippen LogP contribution in [0.1, 0.15) is 28.2 Å². The quantitative estimate of drug-likeness (QED) is 0.553. The average Bonchev–Trinajstić information content (AvgIpc) is 3.01. The van der Waals surface area contributed by atoms with E-state index in [9.17, 15) is 4.79 Å². The lowest BCUT2D eigenvalue weighted by Gasteiger charge is -2.21. The summed E-state index contributed by atoms with van der Waals surface area (Å²) in [7, 11) is 4.28. The van der Waals surface area contributed by atoms with E-state index in [0.29, 0.717) is 16.7 Å². The second-order valence-electron chi connectivity index (χ2n) is 5.61. The van der Waals surface area contributed by atoms with Gasteiger partial charge in [0.05, 0.1) is 25.5 Å². The molecular weight excluding hydrogens is 326 g/mol. The Morgan fingerprint density at radius 1 is 1.26 bits per heavy atom. The van der Waals surface area contributed by atoms with Gasteiger partial charge in [-0.15, -0.1) is 11.3 Å². The molecule has 3 N–H and O–H groups in total. The summed E-state index contributed by atoms with van der Waals surface area (Å²) in [6, 6.07) is 11.9. The fraction of sp³-hybridized carbons (Fsp3) is 0.294. The molecule has 0 spiro atoms. The SMILES string of the molecule is CC(=O)c1ccc(NC(=S)NC[C@@H](c2cccs2)[NH+](C)C)cc1. The summed E-state index contributed by atoms with van der Waals surface area (Å²) in [5.41, 5.74) is 1.57. The topological polar surface area (TPSA) is 45.6 Å². The van der Waals surface area contributed by atoms with E-state index in [1.165, 1.54) is 9.78 Å². The zero-order valence-electron chi connectivity index (χ0n) is 13.6. The van der Waals surface area contributed by atoms with Crippen molar-refractivity contribution < 1.29 is 9.69 Å². The molecule has 1 atom stereocenters. The number of benzene rings is 1. The number of thiocarbonyl (C=S) groups is 1. The van der Waals surface area contributed by atoms with Gasteiger partial charge in [-0.3, -0.25) is 4.79 Å². The molecule has 0 radical (unpaired) electrons. The average molecular weight is 349 g/mol. The molecule has 6 heteroatoms. The van der Waals surface area contributed by atoms with E-state index in [1.807, 2.05) is 12.1 Å². The first kappa shape index (κ1) is 17.6. The summed E-state index contributed by atoms with van der Waals surface area (Å²) in [6.45, 7) is 2.32. The first-order valence-electron chi connectivity index (χ1n) is 7.46. The molecule has 0 saturated heterocycles. The van der Waals surface area contributed by atoms with Crippen LogP contribution < -0.4 is 15.5 Å². The van der Waals surface area contributed by atoms with Crippen LogP contribution in [-0.4, -0.2) is 31.5 Å². The Balaban J connectivity index is 1.90. The van der Waals surface area contributed by atoms with Crippen molar-refractivity contribution in [1.29, 1.82) is 0 Å². The van der Waals surface area contributed by atoms with Gasteiger partial charge >= 0.3 is 0 Å². The van der Waals surface area contributed by atoms with Gasteiger partial charge in [0, 0.05) is 11.3 Å². The van der Waals surface area contributed by atoms with Crippen LogP contribution in [0.5, 0.6) is 0 Å². The molecule has 4 nitrogen and oxygen atoms in total. The van der Waals surface area contributed by atoms with Crippen LogP contribution >= 0.6 is 23.6 Å². The summed E-state index contributed by atoms with van der Waals surface area (Å²) in [5.74, 6) is 0.0602. The molecule has 0 amide bonds. The molecule has 23 heavy (non-hydrogen) atoms. The van der Waals surface area contributed by atoms with Crippen molar-refractivity contribution in [2.75, 3.05) is 26.0 Å². The van der Waals surface area contributed by atoms with Crippen molar-refractivity contribution >= 4 is 40.1 Å². The van der Waals surface area contributed by atoms with Crippen LogP contribution in [-0.2, 0) is 0 Å². The molecule has 0 saturated carbocycles. The highest BCUT2D eigenvalue weighted by Gasteiger charge is 2.18. The number of likely N-dealkylation sites (N-methyl/N-ethyl adjacent to an activating group) is 1. The minimum Gasteiger partial charge on any atom is -0.356 e. The molecule has 0 aliphatic carbocycles. The predicted molar refractivity (Wildman–Crippen MR) is 101 cm³/mol. The summed E-state index contributed by atoms with van der Waals surface area (Å²) < 4.78 is 0. The fourth-order valence-corrected chi connectivity index (χ4v) is 3.39. The van der Waals surface area contributed by atoms with Crippen molar-refractivity contribution in [3.63, 3.8) is 0 Å². The van der Waals surface area contributed by atoms with Crippen LogP contribution in [0.25, 0.3) is 0 Å². The highest BCUT2D eigenvalue weighted by Crippen LogP contribution is 2.15. The smallest absolute Gasteiger partial charge is 0.171 e. The first-order chi connectivity index (χ1) is 11.0. The van der Waals surface area contributed by atoms with Gasteiger partial charge in [-0.2, -0.15) is 0 Å². The van der Waals surface area contributed by atoms with Crippen LogP contribution in [0.3, 0.4) is 0 Å². The van der Waals surface area contributed by atoms with Crippen molar-refractivity contribution in [1.82, 2.24) is 5.32 Å². The predicted octanol–water partition coefficient (Wildman–Crippen LogP) is 2.12. The number of thiophene rings is 1. The molecule has 0 unspecified atom stereocenters. The molecule has 0 aliphatic heterocycles. The van der Waals surface area contributed by atoms with E-state index in [2.05, 4.69) is 42.2 Å². The second-order valence-corrected chi connectivity index (χ2v) is 7.00. The lowest BCUT2D eigenvalue weighted by Crippen LogP contribution is -3.06. The maximum Gasteiger partial charge on any atom is 0.171 e. The largest absolute Gasteiger partial charge is 0.356 e. The minimum absolute atomic E-state index is 0.0602. The third-order valence-electron chi connectivity index (χ3n) is 3.60. The number of ketones is 1. The number of carbonyl (C=O) groups is 1. The number of anilines is 1. The van der Waals surface area contributed by atoms with Crippen molar-refractivity contribution in [3.8, 4) is 0 Å². The summed E-state index contributed by atoms with van der Waals surface area (Å²) >= 11 is 7.12. The van der Waals surface area contributed by atoms with Gasteiger partial charge in [0.15, 0.2) is 10.9 Å². The number of nitrogens with one attached hydrogen (secondary N) is 3. The molecule has 1 aromatic carbocycles. The lowest BCUT2D eigenvalue weighted by atomic mass is 10.1. The van der Waals surface area contributed by atoms with Gasteiger partial charge in [0.25, 0.3) is 0 Å². The zero-order chi connectivity index (χ0) is 16.8. The first-order valence-corrected chi connectivity index (χ1v) is 8.75. The molecule has 122 valence electrons. The van der Waals surface area contributed by atoms with Gasteiger partial charge in [-0.25, -0.2) is 0 Å². The standard InChI is InChI=1S/C17H21N3OS2/c1-12(21)13-6-8-14(9-7-13)19-17(22)18-11-15(20(2)3)16-5-4-10-23-16/h4-10,15H,11H2,1-3H3,(H2,18,19,22)/p+1/t15-/m0/s1. The Morgan fingerprint density at radius 3 is 2.48 bits per heavy atom. The normalized spacial score (nSPS) is 12.0. The Bertz CT molecular complexity index is 651. The maximum absolute atomic E-state index is 11.3. The van der Waals surface area contributed by atoms with Gasteiger partial charge in [-0.05, 0) is 54.9 Å². The van der Waals surface area contributed by atoms with E-state index in [1.54, 1.807) is 30.4 Å². The second kappa shape index (κ2) is 8.19. The molecule has 0 aliphatic rings. The summed E-state index contributed by atoms with van der Waals surface area (Å²) in [5, 5.41) is 9.11. The van der Waals surface area contributed by atoms with Crippen molar-refractivity contribution in [2.45, 2.75) is 13.0 Å². The number of rotatable bonds is 6. The molecule has 1 heterocycles. The van der Waals surface area contributed by atoms with Crippen LogP contribution in [0, 0.1) is 0 Å². The molecule has 2 aromatic rings. The number of carbonyl (C=O) groups excluding carboxylic acids is 1. The number of Topliss-reactive ketones (excluding diaryl/α,β-unsaturated/α-hetero) is 1. The van der Waals surface area contributed by atoms with Crippen molar-refractivity contribution in [2.24, 2.45) is 0 Å². The number of quaternary nitrogens is 1. The zero-order valence-corrected chi connectivity index (χ0v) is 15.2. The number of hydrogen-bond acceptors (Lipinski definition) is 3. The maximum atomic E-state index is 11.3. The van der Waals surface area contributed by atoms with E-state index in [4.69, 9.17) is 12.2 Å². The molecule has 0 fully saturated rings. The van der Waals surface area contributed by atoms with Crippen molar-refractivity contribution in [3.05, 3.63) is 52.2 Å². The molecule has 0 bridgehead atoms. The van der Waals surface area contributed by atoms with E-state index in [0.717, 1.165) is 12.2 Å². The van der Waals surface area contributed by atoms with Gasteiger partial charge in [-0.1, -0.05) is 6.07 Å². The lowest BCUT2D eigenvalue weighted by molar-refractivity contribution is -0.890. The Labute approximate surface area is 146 Å². The monoisotopic (exact) mass is 348 g/mol. The Morgan fingerprint density at radius 2 is 1.96 bits per heavy atom. The highest BCUT2D eigenvalue weighted by molar-refractivity contribution is 7.80. The highest BCUT2D eigenvalue weighted by atomic mass is 32.1. The fourth-order valence-electron chi connectivity index (χ4n) is 2.24. The van der Waals surface area contributed by atoms with Crippen LogP contribution in [0.2, 0.25) is 0 Å². The third kappa shape index (κ3) is 5.13.